The van der Waals surface area contributed by atoms with E-state index in [0.717, 1.165) is 0 Å². The smallest absolute Gasteiger partial charge is 0.165 e. The maximum absolute atomic E-state index is 2.35. The molecule has 6 aromatic carbocycles. The van der Waals surface area contributed by atoms with Crippen molar-refractivity contribution < 1.29 is 25.8 Å². The van der Waals surface area contributed by atoms with Crippen LogP contribution >= 0.6 is 7.92 Å². The molecule has 0 aliphatic heterocycles. The zero-order valence-corrected chi connectivity index (χ0v) is 23.1. The summed E-state index contributed by atoms with van der Waals surface area (Å²) in [5.74, 6) is 0. The van der Waals surface area contributed by atoms with Crippen molar-refractivity contribution in [3.63, 3.8) is 0 Å². The van der Waals surface area contributed by atoms with E-state index in [2.05, 4.69) is 140 Å². The van der Waals surface area contributed by atoms with E-state index >= 15 is 0 Å². The Bertz CT molecular complexity index is 1320. The maximum Gasteiger partial charge on any atom is 4.00 e. The number of fused-ring (bicyclic) bond motifs is 2. The van der Waals surface area contributed by atoms with E-state index in [1.807, 2.05) is 0 Å². The van der Waals surface area contributed by atoms with Crippen molar-refractivity contribution >= 4 is 45.4 Å². The van der Waals surface area contributed by atoms with Gasteiger partial charge in [0.15, 0.2) is 0 Å². The van der Waals surface area contributed by atoms with Crippen molar-refractivity contribution in [2.75, 3.05) is 0 Å². The summed E-state index contributed by atoms with van der Waals surface area (Å²) < 4.78 is 0. The molecule has 0 fully saturated rings. The first-order valence-electron chi connectivity index (χ1n) is 11.0. The van der Waals surface area contributed by atoms with Crippen LogP contribution in [0, 0.1) is 6.92 Å². The topological polar surface area (TPSA) is 0 Å². The quantitative estimate of drug-likeness (QED) is 0.114. The summed E-state index contributed by atoms with van der Waals surface area (Å²) >= 11 is 0. The van der Waals surface area contributed by atoms with Crippen LogP contribution in [-0.2, 0) is 25.8 Å². The Labute approximate surface area is 216 Å². The van der Waals surface area contributed by atoms with Gasteiger partial charge in [-0.1, -0.05) is 79.7 Å². The monoisotopic (exact) mass is 608 g/mol. The Morgan fingerprint density at radius 3 is 1.48 bits per heavy atom. The Morgan fingerprint density at radius 1 is 0.515 bits per heavy atom. The molecule has 6 rings (SSSR count). The molecule has 0 saturated carbocycles. The molecule has 33 heavy (non-hydrogen) atoms. The Balaban J connectivity index is 0.000000198. The zero-order valence-electron chi connectivity index (χ0n) is 18.6. The predicted molar refractivity (Wildman–Crippen MR) is 143 cm³/mol. The molecule has 2 heteroatoms. The van der Waals surface area contributed by atoms with Crippen molar-refractivity contribution in [3.05, 3.63) is 139 Å². The van der Waals surface area contributed by atoms with Gasteiger partial charge in [0.05, 0.1) is 0 Å². The first-order chi connectivity index (χ1) is 15.8. The number of hydrogen-bond donors (Lipinski definition) is 0. The average molecular weight is 607 g/mol. The van der Waals surface area contributed by atoms with Gasteiger partial charge in [-0.25, -0.2) is 0 Å². The fourth-order valence-electron chi connectivity index (χ4n) is 4.17. The minimum absolute atomic E-state index is 0. The van der Waals surface area contributed by atoms with Crippen LogP contribution in [0.2, 0.25) is 0 Å². The third kappa shape index (κ3) is 5.49. The van der Waals surface area contributed by atoms with E-state index in [9.17, 15) is 0 Å². The molecule has 0 N–H and O–H groups in total. The minimum atomic E-state index is -0.493. The molecule has 0 atom stereocenters. The van der Waals surface area contributed by atoms with Gasteiger partial charge in [-0.05, 0) is 18.5 Å². The standard InChI is InChI=1S/C21H16P.C10H9.Hf/c1-3-11-19(12-4-1)22(20-13-5-2-6-14-20)21-15-17-9-7-8-10-18(17)16-21;1-8-6-9-4-2-3-5-10(9)7-8;/h1-16H;2-7H,1H3;/q2*-1;+4. The molecule has 0 aliphatic rings. The van der Waals surface area contributed by atoms with Gasteiger partial charge in [-0.2, -0.15) is 12.1 Å². The summed E-state index contributed by atoms with van der Waals surface area (Å²) in [6, 6.07) is 47.8. The SMILES string of the molecule is Cc1cc2ccccc2[cH-]1.[Hf+4].c1ccc(P(c2ccccc2)c2cc3ccccc3[cH-]2)cc1. The second kappa shape index (κ2) is 11.0. The summed E-state index contributed by atoms with van der Waals surface area (Å²) in [6.07, 6.45) is 0. The number of rotatable bonds is 3. The molecule has 0 heterocycles. The van der Waals surface area contributed by atoms with E-state index in [0.29, 0.717) is 0 Å². The van der Waals surface area contributed by atoms with Crippen LogP contribution in [0.1, 0.15) is 5.56 Å². The first-order valence-corrected chi connectivity index (χ1v) is 12.3. The molecule has 156 valence electrons. The third-order valence-electron chi connectivity index (χ3n) is 5.65. The van der Waals surface area contributed by atoms with Crippen LogP contribution in [0.15, 0.2) is 133 Å². The van der Waals surface area contributed by atoms with Gasteiger partial charge < -0.3 is 0 Å². The fourth-order valence-corrected chi connectivity index (χ4v) is 6.54. The van der Waals surface area contributed by atoms with E-state index < -0.39 is 7.92 Å². The van der Waals surface area contributed by atoms with Crippen LogP contribution in [0.4, 0.5) is 0 Å². The molecule has 0 amide bonds. The van der Waals surface area contributed by atoms with Crippen LogP contribution in [0.3, 0.4) is 0 Å². The summed E-state index contributed by atoms with van der Waals surface area (Å²) in [6.45, 7) is 2.12. The third-order valence-corrected chi connectivity index (χ3v) is 8.06. The van der Waals surface area contributed by atoms with Gasteiger partial charge in [0.1, 0.15) is 0 Å². The second-order valence-electron chi connectivity index (χ2n) is 8.01. The van der Waals surface area contributed by atoms with Gasteiger partial charge in [0.2, 0.25) is 0 Å². The molecule has 0 spiro atoms. The average Bonchev–Trinajstić information content (AvgIpc) is 3.43. The number of benzene rings is 4. The van der Waals surface area contributed by atoms with Gasteiger partial charge in [0, 0.05) is 0 Å². The fraction of sp³-hybridized carbons (Fsp3) is 0.0323. The largest absolute Gasteiger partial charge is 4.00 e. The molecule has 0 saturated heterocycles. The Morgan fingerprint density at radius 2 is 0.970 bits per heavy atom. The van der Waals surface area contributed by atoms with E-state index in [1.54, 1.807) is 0 Å². The molecule has 0 bridgehead atoms. The molecular formula is C31H25HfP+2. The zero-order chi connectivity index (χ0) is 21.8. The van der Waals surface area contributed by atoms with Crippen LogP contribution in [-0.4, -0.2) is 0 Å². The molecule has 0 unspecified atom stereocenters. The van der Waals surface area contributed by atoms with Crippen LogP contribution in [0.5, 0.6) is 0 Å². The molecule has 0 aromatic heterocycles. The molecule has 0 nitrogen and oxygen atoms in total. The number of hydrogen-bond acceptors (Lipinski definition) is 0. The Hall–Kier alpha value is -2.60. The van der Waals surface area contributed by atoms with Gasteiger partial charge in [0.25, 0.3) is 0 Å². The molecule has 6 aromatic rings. The van der Waals surface area contributed by atoms with Crippen molar-refractivity contribution in [1.82, 2.24) is 0 Å². The van der Waals surface area contributed by atoms with Crippen molar-refractivity contribution in [2.24, 2.45) is 0 Å². The van der Waals surface area contributed by atoms with E-state index in [4.69, 9.17) is 0 Å². The summed E-state index contributed by atoms with van der Waals surface area (Å²) in [4.78, 5) is 0. The Kier molecular flexibility index (Phi) is 7.86. The molecular weight excluding hydrogens is 582 g/mol. The van der Waals surface area contributed by atoms with Crippen LogP contribution < -0.4 is 15.9 Å². The molecule has 0 radical (unpaired) electrons. The van der Waals surface area contributed by atoms with Crippen molar-refractivity contribution in [3.8, 4) is 0 Å². The van der Waals surface area contributed by atoms with Crippen LogP contribution in [0.25, 0.3) is 21.5 Å². The second-order valence-corrected chi connectivity index (χ2v) is 10.2. The predicted octanol–water partition coefficient (Wildman–Crippen LogP) is 7.18. The maximum atomic E-state index is 2.35. The van der Waals surface area contributed by atoms with Gasteiger partial charge in [-0.15, -0.1) is 80.9 Å². The van der Waals surface area contributed by atoms with Crippen molar-refractivity contribution in [2.45, 2.75) is 6.92 Å². The minimum Gasteiger partial charge on any atom is -0.165 e. The van der Waals surface area contributed by atoms with Gasteiger partial charge in [-0.3, -0.25) is 0 Å². The van der Waals surface area contributed by atoms with E-state index in [1.165, 1.54) is 43.0 Å². The molecule has 0 aliphatic carbocycles. The number of aryl methyl sites for hydroxylation is 1. The summed E-state index contributed by atoms with van der Waals surface area (Å²) in [5.41, 5.74) is 1.35. The van der Waals surface area contributed by atoms with Crippen molar-refractivity contribution in [1.29, 1.82) is 0 Å². The summed E-state index contributed by atoms with van der Waals surface area (Å²) in [5, 5.41) is 9.58. The normalized spacial score (nSPS) is 10.6. The summed E-state index contributed by atoms with van der Waals surface area (Å²) in [7, 11) is -0.493. The first kappa shape index (κ1) is 23.6. The van der Waals surface area contributed by atoms with E-state index in [-0.39, 0.29) is 25.8 Å². The van der Waals surface area contributed by atoms with Gasteiger partial charge >= 0.3 is 25.8 Å².